The van der Waals surface area contributed by atoms with E-state index in [0.717, 1.165) is 0 Å². The third-order valence-corrected chi connectivity index (χ3v) is 5.25. The predicted octanol–water partition coefficient (Wildman–Crippen LogP) is -1.48. The minimum absolute atomic E-state index is 0. The molecule has 0 heterocycles. The van der Waals surface area contributed by atoms with Crippen molar-refractivity contribution in [1.29, 1.82) is 0 Å². The topological polar surface area (TPSA) is 161 Å². The zero-order chi connectivity index (χ0) is 20.4. The quantitative estimate of drug-likeness (QED) is 0.250. The molecule has 0 aromatic heterocycles. The second kappa shape index (κ2) is 11.3. The maximum absolute atomic E-state index is 12.0. The zero-order valence-electron chi connectivity index (χ0n) is 11.9. The van der Waals surface area contributed by atoms with Gasteiger partial charge in [0.1, 0.15) is 0 Å². The van der Waals surface area contributed by atoms with E-state index in [0.29, 0.717) is 0 Å². The van der Waals surface area contributed by atoms with Crippen LogP contribution in [0, 0.1) is 0 Å². The van der Waals surface area contributed by atoms with Gasteiger partial charge in [-0.3, -0.25) is 0 Å². The molecule has 0 fully saturated rings. The van der Waals surface area contributed by atoms with Crippen LogP contribution >= 0.6 is 0 Å². The maximum Gasteiger partial charge on any atom is 0.471 e. The first-order valence-electron chi connectivity index (χ1n) is 4.01. The van der Waals surface area contributed by atoms with Crippen molar-refractivity contribution >= 4 is 122 Å². The summed E-state index contributed by atoms with van der Waals surface area (Å²) in [5.41, 5.74) is 0. The van der Waals surface area contributed by atoms with E-state index in [-0.39, 0.29) is 85.1 Å². The molecule has 26 heavy (non-hydrogen) atoms. The number of alkyl halides is 5. The van der Waals surface area contributed by atoms with Gasteiger partial charge in [0.05, 0.1) is 0 Å². The van der Waals surface area contributed by atoms with Gasteiger partial charge in [0.25, 0.3) is 0 Å². The average molecular weight is 524 g/mol. The van der Waals surface area contributed by atoms with Gasteiger partial charge in [-0.1, -0.05) is 19.9 Å². The number of nitrogens with one attached hydrogen (secondary N) is 2. The van der Waals surface area contributed by atoms with Crippen LogP contribution in [-0.2, 0) is 41.3 Å². The number of halogens is 8. The van der Waals surface area contributed by atoms with Gasteiger partial charge >= 0.3 is 52.7 Å². The van der Waals surface area contributed by atoms with Crippen molar-refractivity contribution in [3.63, 3.8) is 0 Å². The van der Waals surface area contributed by atoms with E-state index >= 15 is 0 Å². The Kier molecular flexibility index (Phi) is 15.3. The fraction of sp³-hybridized carbons (Fsp3) is 1.00. The first-order chi connectivity index (χ1) is 9.91. The van der Waals surface area contributed by atoms with Crippen LogP contribution in [0.5, 0.6) is 0 Å². The van der Waals surface area contributed by atoms with E-state index in [1.165, 1.54) is 0 Å². The summed E-state index contributed by atoms with van der Waals surface area (Å²) in [7, 11) is -24.0. The van der Waals surface area contributed by atoms with Crippen molar-refractivity contribution in [2.75, 3.05) is 0 Å². The molecule has 0 atom stereocenters. The molecular formula is C2H2F8KN2NaO8S4. The van der Waals surface area contributed by atoms with Crippen LogP contribution < -0.4 is 8.25 Å². The van der Waals surface area contributed by atoms with Crippen molar-refractivity contribution in [2.45, 2.75) is 11.4 Å². The summed E-state index contributed by atoms with van der Waals surface area (Å²) in [5, 5.41) is -6.42. The molecule has 0 aliphatic heterocycles. The van der Waals surface area contributed by atoms with Crippen LogP contribution in [0.25, 0.3) is 0 Å². The Morgan fingerprint density at radius 3 is 0.923 bits per heavy atom. The Labute approximate surface area is 206 Å². The van der Waals surface area contributed by atoms with Crippen LogP contribution in [0.3, 0.4) is 0 Å². The van der Waals surface area contributed by atoms with Gasteiger partial charge in [-0.05, 0) is 0 Å². The van der Waals surface area contributed by atoms with E-state index in [4.69, 9.17) is 0 Å². The molecule has 24 heteroatoms. The predicted molar refractivity (Wildman–Crippen MR) is 67.8 cm³/mol. The molecule has 0 saturated carbocycles. The van der Waals surface area contributed by atoms with Crippen LogP contribution in [0.4, 0.5) is 33.6 Å². The van der Waals surface area contributed by atoms with Gasteiger partial charge in [-0.15, -0.1) is 0 Å². The number of hydrogen-bond donors (Lipinski definition) is 2. The first kappa shape index (κ1) is 35.2. The summed E-state index contributed by atoms with van der Waals surface area (Å²) in [6.07, 6.45) is -6.57. The van der Waals surface area contributed by atoms with Crippen LogP contribution in [0.2, 0.25) is 0 Å². The standard InChI is InChI=1S/C2HF6NO4S2.F2HNO4S2.K.Na/c3-1(4,5)2(6,7)14(10,11)9-15(8,12)13;1-8(4,5)3-9(2,6)7;;/h9H;3H;;. The van der Waals surface area contributed by atoms with E-state index in [9.17, 15) is 67.3 Å². The smallest absolute Gasteiger partial charge is 0.205 e. The third-order valence-electron chi connectivity index (χ3n) is 1.08. The normalized spacial score (nSPS) is 13.5. The molecule has 0 bridgehead atoms. The van der Waals surface area contributed by atoms with E-state index in [2.05, 4.69) is 0 Å². The summed E-state index contributed by atoms with van der Waals surface area (Å²) in [4.78, 5) is 0. The van der Waals surface area contributed by atoms with Crippen molar-refractivity contribution < 1.29 is 67.3 Å². The monoisotopic (exact) mass is 524 g/mol. The summed E-state index contributed by atoms with van der Waals surface area (Å²) >= 11 is 0. The van der Waals surface area contributed by atoms with Crippen LogP contribution in [0.15, 0.2) is 0 Å². The molecule has 0 aliphatic carbocycles. The van der Waals surface area contributed by atoms with E-state index in [1.807, 2.05) is 0 Å². The molecule has 0 aliphatic rings. The SMILES string of the molecule is O=S(=O)(F)NS(=O)(=O)C(F)(F)C(F)(F)F.O=S(=O)(F)NS(=O)(=O)F.[K].[Na]. The van der Waals surface area contributed by atoms with Crippen molar-refractivity contribution in [3.05, 3.63) is 0 Å². The Morgan fingerprint density at radius 1 is 0.577 bits per heavy atom. The molecule has 0 aromatic carbocycles. The van der Waals surface area contributed by atoms with Crippen molar-refractivity contribution in [3.8, 4) is 0 Å². The zero-order valence-corrected chi connectivity index (χ0v) is 20.3. The Bertz CT molecular complexity index is 834. The number of sulfonamides is 1. The largest absolute Gasteiger partial charge is 0.471 e. The molecule has 150 valence electrons. The molecule has 0 amide bonds. The molecule has 0 unspecified atom stereocenters. The Morgan fingerprint density at radius 2 is 0.808 bits per heavy atom. The van der Waals surface area contributed by atoms with Gasteiger partial charge in [0, 0.05) is 80.9 Å². The maximum atomic E-state index is 12.0. The Balaban J connectivity index is -0.000000192. The molecule has 0 rings (SSSR count). The van der Waals surface area contributed by atoms with Gasteiger partial charge in [0.15, 0.2) is 0 Å². The Hall–Kier alpha value is 1.80. The van der Waals surface area contributed by atoms with E-state index < -0.39 is 56.8 Å². The van der Waals surface area contributed by atoms with Gasteiger partial charge in [0.2, 0.25) is 0 Å². The molecule has 10 nitrogen and oxygen atoms in total. The fourth-order valence-corrected chi connectivity index (χ4v) is 3.18. The molecular weight excluding hydrogens is 522 g/mol. The van der Waals surface area contributed by atoms with Crippen LogP contribution in [-0.4, -0.2) is 126 Å². The van der Waals surface area contributed by atoms with Crippen molar-refractivity contribution in [2.24, 2.45) is 0 Å². The number of rotatable bonds is 5. The first-order valence-corrected chi connectivity index (χ1v) is 9.65. The third kappa shape index (κ3) is 15.7. The second-order valence-electron chi connectivity index (χ2n) is 3.00. The van der Waals surface area contributed by atoms with Gasteiger partial charge in [-0.2, -0.15) is 47.2 Å². The number of hydrogen-bond acceptors (Lipinski definition) is 8. The van der Waals surface area contributed by atoms with Gasteiger partial charge in [-0.25, -0.2) is 8.42 Å². The van der Waals surface area contributed by atoms with Crippen molar-refractivity contribution in [1.82, 2.24) is 8.25 Å². The molecule has 2 N–H and O–H groups in total. The summed E-state index contributed by atoms with van der Waals surface area (Å²) < 4.78 is 168. The van der Waals surface area contributed by atoms with Crippen LogP contribution in [0.1, 0.15) is 0 Å². The summed E-state index contributed by atoms with van der Waals surface area (Å²) in [5.74, 6) is 0. The minimum Gasteiger partial charge on any atom is -0.205 e. The summed E-state index contributed by atoms with van der Waals surface area (Å²) in [6.45, 7) is 0. The fourth-order valence-electron chi connectivity index (χ4n) is 0.455. The van der Waals surface area contributed by atoms with E-state index in [1.54, 1.807) is 0 Å². The second-order valence-corrected chi connectivity index (χ2v) is 8.48. The molecule has 2 radical (unpaired) electrons. The molecule has 0 spiro atoms. The molecule has 0 saturated heterocycles. The van der Waals surface area contributed by atoms with Gasteiger partial charge < -0.3 is 0 Å². The molecule has 0 aromatic rings. The summed E-state index contributed by atoms with van der Waals surface area (Å²) in [6, 6.07) is 0. The average Bonchev–Trinajstić information content (AvgIpc) is 2.04. The minimum atomic E-state index is -6.75.